The van der Waals surface area contributed by atoms with Crippen LogP contribution < -0.4 is 5.32 Å². The second kappa shape index (κ2) is 6.78. The van der Waals surface area contributed by atoms with Gasteiger partial charge in [0.15, 0.2) is 0 Å². The summed E-state index contributed by atoms with van der Waals surface area (Å²) >= 11 is 3.41. The van der Waals surface area contributed by atoms with Crippen molar-refractivity contribution < 1.29 is 4.79 Å². The Balaban J connectivity index is 1.84. The number of benzene rings is 1. The lowest BCUT2D eigenvalue weighted by Crippen LogP contribution is -2.48. The second-order valence-corrected chi connectivity index (χ2v) is 7.16. The van der Waals surface area contributed by atoms with Crippen LogP contribution in [0.2, 0.25) is 0 Å². The highest BCUT2D eigenvalue weighted by atomic mass is 79.9. The van der Waals surface area contributed by atoms with Crippen LogP contribution in [0.25, 0.3) is 5.69 Å². The highest BCUT2D eigenvalue weighted by Crippen LogP contribution is 2.28. The van der Waals surface area contributed by atoms with Crippen molar-refractivity contribution in [3.8, 4) is 11.8 Å². The average molecular weight is 387 g/mol. The van der Waals surface area contributed by atoms with Gasteiger partial charge in [-0.1, -0.05) is 35.2 Å². The predicted molar refractivity (Wildman–Crippen MR) is 94.9 cm³/mol. The molecule has 1 amide bonds. The van der Waals surface area contributed by atoms with Gasteiger partial charge >= 0.3 is 0 Å². The highest BCUT2D eigenvalue weighted by molar-refractivity contribution is 9.10. The number of hydrogen-bond acceptors (Lipinski definition) is 3. The zero-order valence-electron chi connectivity index (χ0n) is 13.6. The van der Waals surface area contributed by atoms with Crippen LogP contribution in [0, 0.1) is 18.3 Å². The number of hydrogen-bond donors (Lipinski definition) is 1. The fourth-order valence-electron chi connectivity index (χ4n) is 3.18. The SMILES string of the molecule is Cc1c(C(=O)NC2(C#N)CCCCC2)cnn1-c1ccc(Br)cc1. The third-order valence-corrected chi connectivity index (χ3v) is 5.13. The number of carbonyl (C=O) groups excluding carboxylic acids is 1. The molecule has 1 aliphatic rings. The molecule has 124 valence electrons. The van der Waals surface area contributed by atoms with E-state index in [1.165, 1.54) is 0 Å². The van der Waals surface area contributed by atoms with Gasteiger partial charge in [-0.05, 0) is 44.0 Å². The smallest absolute Gasteiger partial charge is 0.256 e. The first kappa shape index (κ1) is 16.7. The summed E-state index contributed by atoms with van der Waals surface area (Å²) in [5.41, 5.74) is 1.43. The third kappa shape index (κ3) is 3.22. The second-order valence-electron chi connectivity index (χ2n) is 6.24. The van der Waals surface area contributed by atoms with Crippen LogP contribution in [0.15, 0.2) is 34.9 Å². The molecule has 0 bridgehead atoms. The van der Waals surface area contributed by atoms with Gasteiger partial charge in [0.05, 0.1) is 29.2 Å². The zero-order valence-corrected chi connectivity index (χ0v) is 15.1. The summed E-state index contributed by atoms with van der Waals surface area (Å²) in [6.07, 6.45) is 6.08. The number of nitrogens with one attached hydrogen (secondary N) is 1. The minimum atomic E-state index is -0.735. The molecule has 1 N–H and O–H groups in total. The van der Waals surface area contributed by atoms with Crippen molar-refractivity contribution in [3.05, 3.63) is 46.2 Å². The van der Waals surface area contributed by atoms with Crippen LogP contribution in [0.4, 0.5) is 0 Å². The molecule has 0 radical (unpaired) electrons. The molecule has 1 fully saturated rings. The molecule has 5 nitrogen and oxygen atoms in total. The molecule has 24 heavy (non-hydrogen) atoms. The summed E-state index contributed by atoms with van der Waals surface area (Å²) in [6, 6.07) is 10.1. The first-order chi connectivity index (χ1) is 11.5. The van der Waals surface area contributed by atoms with E-state index in [0.29, 0.717) is 5.56 Å². The van der Waals surface area contributed by atoms with Crippen molar-refractivity contribution in [2.24, 2.45) is 0 Å². The van der Waals surface area contributed by atoms with E-state index < -0.39 is 5.54 Å². The van der Waals surface area contributed by atoms with Gasteiger partial charge in [0.25, 0.3) is 5.91 Å². The fraction of sp³-hybridized carbons (Fsp3) is 0.389. The lowest BCUT2D eigenvalue weighted by molar-refractivity contribution is 0.0902. The molecular weight excluding hydrogens is 368 g/mol. The number of rotatable bonds is 3. The Kier molecular flexibility index (Phi) is 4.72. The fourth-order valence-corrected chi connectivity index (χ4v) is 3.44. The first-order valence-electron chi connectivity index (χ1n) is 8.09. The van der Waals surface area contributed by atoms with Crippen molar-refractivity contribution in [2.75, 3.05) is 0 Å². The molecule has 0 atom stereocenters. The Morgan fingerprint density at radius 1 is 1.29 bits per heavy atom. The molecule has 1 saturated carbocycles. The lowest BCUT2D eigenvalue weighted by atomic mass is 9.82. The van der Waals surface area contributed by atoms with E-state index >= 15 is 0 Å². The molecule has 0 aliphatic heterocycles. The minimum Gasteiger partial charge on any atom is -0.334 e. The summed E-state index contributed by atoms with van der Waals surface area (Å²) in [4.78, 5) is 12.7. The zero-order chi connectivity index (χ0) is 17.2. The summed E-state index contributed by atoms with van der Waals surface area (Å²) in [5.74, 6) is -0.223. The normalized spacial score (nSPS) is 16.4. The summed E-state index contributed by atoms with van der Waals surface area (Å²) < 4.78 is 2.73. The van der Waals surface area contributed by atoms with Crippen LogP contribution in [-0.4, -0.2) is 21.2 Å². The standard InChI is InChI=1S/C18H19BrN4O/c1-13-16(11-21-23(13)15-7-5-14(19)6-8-15)17(24)22-18(12-20)9-3-2-4-10-18/h5-8,11H,2-4,9-10H2,1H3,(H,22,24). The van der Waals surface area contributed by atoms with E-state index in [1.54, 1.807) is 10.9 Å². The maximum absolute atomic E-state index is 12.7. The highest BCUT2D eigenvalue weighted by Gasteiger charge is 2.34. The van der Waals surface area contributed by atoms with E-state index in [-0.39, 0.29) is 5.91 Å². The number of amides is 1. The molecule has 1 heterocycles. The Morgan fingerprint density at radius 2 is 1.96 bits per heavy atom. The lowest BCUT2D eigenvalue weighted by Gasteiger charge is -2.31. The molecule has 2 aromatic rings. The van der Waals surface area contributed by atoms with E-state index in [1.807, 2.05) is 31.2 Å². The minimum absolute atomic E-state index is 0.223. The van der Waals surface area contributed by atoms with E-state index in [9.17, 15) is 10.1 Å². The van der Waals surface area contributed by atoms with Gasteiger partial charge in [-0.15, -0.1) is 0 Å². The monoisotopic (exact) mass is 386 g/mol. The molecular formula is C18H19BrN4O. The Hall–Kier alpha value is -2.13. The Labute approximate surface area is 149 Å². The van der Waals surface area contributed by atoms with Gasteiger partial charge in [0.2, 0.25) is 0 Å². The van der Waals surface area contributed by atoms with E-state index in [2.05, 4.69) is 32.4 Å². The Bertz CT molecular complexity index is 782. The summed E-state index contributed by atoms with van der Waals surface area (Å²) in [6.45, 7) is 1.86. The largest absolute Gasteiger partial charge is 0.334 e. The van der Waals surface area contributed by atoms with Crippen LogP contribution in [0.3, 0.4) is 0 Å². The number of halogens is 1. The van der Waals surface area contributed by atoms with Crippen molar-refractivity contribution in [3.63, 3.8) is 0 Å². The van der Waals surface area contributed by atoms with Gasteiger partial charge in [-0.3, -0.25) is 4.79 Å². The van der Waals surface area contributed by atoms with E-state index in [4.69, 9.17) is 0 Å². The van der Waals surface area contributed by atoms with Gasteiger partial charge in [-0.25, -0.2) is 4.68 Å². The van der Waals surface area contributed by atoms with Gasteiger partial charge in [-0.2, -0.15) is 10.4 Å². The molecule has 6 heteroatoms. The molecule has 3 rings (SSSR count). The third-order valence-electron chi connectivity index (χ3n) is 4.60. The number of aromatic nitrogens is 2. The predicted octanol–water partition coefficient (Wildman–Crippen LogP) is 3.90. The molecule has 0 unspecified atom stereocenters. The molecule has 1 aromatic heterocycles. The van der Waals surface area contributed by atoms with Gasteiger partial charge < -0.3 is 5.32 Å². The Morgan fingerprint density at radius 3 is 2.58 bits per heavy atom. The molecule has 1 aromatic carbocycles. The summed E-state index contributed by atoms with van der Waals surface area (Å²) in [5, 5.41) is 16.8. The van der Waals surface area contributed by atoms with Crippen molar-refractivity contribution in [1.29, 1.82) is 5.26 Å². The van der Waals surface area contributed by atoms with Crippen molar-refractivity contribution in [2.45, 2.75) is 44.6 Å². The van der Waals surface area contributed by atoms with Crippen molar-refractivity contribution in [1.82, 2.24) is 15.1 Å². The van der Waals surface area contributed by atoms with Crippen molar-refractivity contribution >= 4 is 21.8 Å². The topological polar surface area (TPSA) is 70.7 Å². The van der Waals surface area contributed by atoms with Gasteiger partial charge in [0, 0.05) is 4.47 Å². The quantitative estimate of drug-likeness (QED) is 0.869. The van der Waals surface area contributed by atoms with Crippen LogP contribution in [0.5, 0.6) is 0 Å². The number of nitrogens with zero attached hydrogens (tertiary/aromatic N) is 3. The first-order valence-corrected chi connectivity index (χ1v) is 8.88. The van der Waals surface area contributed by atoms with Crippen LogP contribution >= 0.6 is 15.9 Å². The average Bonchev–Trinajstić information content (AvgIpc) is 2.98. The summed E-state index contributed by atoms with van der Waals surface area (Å²) in [7, 11) is 0. The number of nitriles is 1. The van der Waals surface area contributed by atoms with Gasteiger partial charge in [0.1, 0.15) is 5.54 Å². The molecule has 0 saturated heterocycles. The number of carbonyl (C=O) groups is 1. The van der Waals surface area contributed by atoms with Crippen LogP contribution in [-0.2, 0) is 0 Å². The molecule has 1 aliphatic carbocycles. The van der Waals surface area contributed by atoms with E-state index in [0.717, 1.165) is 48.0 Å². The maximum Gasteiger partial charge on any atom is 0.256 e. The molecule has 0 spiro atoms. The maximum atomic E-state index is 12.7. The van der Waals surface area contributed by atoms with Crippen LogP contribution in [0.1, 0.15) is 48.2 Å².